The number of hydrogen-bond acceptors (Lipinski definition) is 6. The van der Waals surface area contributed by atoms with Gasteiger partial charge in [0.15, 0.2) is 0 Å². The highest BCUT2D eigenvalue weighted by atomic mass is 16.4. The number of amides is 1. The van der Waals surface area contributed by atoms with Crippen molar-refractivity contribution in [1.29, 1.82) is 0 Å². The van der Waals surface area contributed by atoms with E-state index in [2.05, 4.69) is 26.1 Å². The van der Waals surface area contributed by atoms with Crippen molar-refractivity contribution in [3.05, 3.63) is 5.89 Å². The highest BCUT2D eigenvalue weighted by Gasteiger charge is 2.16. The molecule has 1 amide bonds. The Kier molecular flexibility index (Phi) is 4.89. The van der Waals surface area contributed by atoms with E-state index < -0.39 is 6.04 Å². The maximum Gasteiger partial charge on any atom is 0.316 e. The topological polar surface area (TPSA) is 92.1 Å². The number of nitrogens with zero attached hydrogens (tertiary/aromatic N) is 2. The first-order valence-corrected chi connectivity index (χ1v) is 5.63. The summed E-state index contributed by atoms with van der Waals surface area (Å²) in [6, 6.07) is -0.165. The minimum Gasteiger partial charge on any atom is -0.406 e. The Labute approximate surface area is 100 Å². The molecule has 96 valence electrons. The fraction of sp³-hybridized carbons (Fsp3) is 0.700. The second-order valence-electron chi connectivity index (χ2n) is 3.71. The van der Waals surface area contributed by atoms with Gasteiger partial charge in [-0.2, -0.15) is 0 Å². The lowest BCUT2D eigenvalue weighted by Crippen LogP contribution is -2.35. The lowest BCUT2D eigenvalue weighted by atomic mass is 10.3. The van der Waals surface area contributed by atoms with Gasteiger partial charge in [0.05, 0.1) is 6.04 Å². The molecular weight excluding hydrogens is 222 g/mol. The Balaban J connectivity index is 2.59. The van der Waals surface area contributed by atoms with Crippen LogP contribution < -0.4 is 16.0 Å². The van der Waals surface area contributed by atoms with Gasteiger partial charge in [0.1, 0.15) is 6.04 Å². The highest BCUT2D eigenvalue weighted by Crippen LogP contribution is 2.13. The average Bonchev–Trinajstić information content (AvgIpc) is 2.76. The maximum atomic E-state index is 11.3. The molecule has 2 unspecified atom stereocenters. The zero-order valence-electron chi connectivity index (χ0n) is 10.6. The van der Waals surface area contributed by atoms with E-state index in [1.807, 2.05) is 13.8 Å². The number of carbonyl (C=O) groups excluding carboxylic acids is 1. The van der Waals surface area contributed by atoms with Crippen molar-refractivity contribution in [2.45, 2.75) is 32.9 Å². The first-order valence-electron chi connectivity index (χ1n) is 5.63. The summed E-state index contributed by atoms with van der Waals surface area (Å²) in [7, 11) is 1.58. The van der Waals surface area contributed by atoms with Crippen LogP contribution in [0.4, 0.5) is 6.01 Å². The van der Waals surface area contributed by atoms with E-state index in [9.17, 15) is 4.79 Å². The summed E-state index contributed by atoms with van der Waals surface area (Å²) in [5.74, 6) is 0.364. The van der Waals surface area contributed by atoms with E-state index >= 15 is 0 Å². The van der Waals surface area contributed by atoms with Crippen LogP contribution in [0.2, 0.25) is 0 Å². The largest absolute Gasteiger partial charge is 0.406 e. The first-order chi connectivity index (χ1) is 8.08. The quantitative estimate of drug-likeness (QED) is 0.663. The minimum absolute atomic E-state index is 0.00152. The summed E-state index contributed by atoms with van der Waals surface area (Å²) >= 11 is 0. The molecule has 1 rings (SSSR count). The molecular formula is C10H19N5O2. The third-order valence-electron chi connectivity index (χ3n) is 2.30. The van der Waals surface area contributed by atoms with Crippen molar-refractivity contribution in [3.8, 4) is 0 Å². The molecule has 17 heavy (non-hydrogen) atoms. The molecule has 0 aliphatic carbocycles. The van der Waals surface area contributed by atoms with Gasteiger partial charge in [-0.25, -0.2) is 0 Å². The van der Waals surface area contributed by atoms with Crippen LogP contribution in [0.1, 0.15) is 32.7 Å². The zero-order chi connectivity index (χ0) is 12.8. The van der Waals surface area contributed by atoms with Gasteiger partial charge >= 0.3 is 6.01 Å². The fourth-order valence-electron chi connectivity index (χ4n) is 1.33. The van der Waals surface area contributed by atoms with Crippen LogP contribution in [0.15, 0.2) is 4.42 Å². The summed E-state index contributed by atoms with van der Waals surface area (Å²) in [5, 5.41) is 16.2. The number of carbonyl (C=O) groups is 1. The average molecular weight is 241 g/mol. The Morgan fingerprint density at radius 2 is 2.12 bits per heavy atom. The monoisotopic (exact) mass is 241 g/mol. The lowest BCUT2D eigenvalue weighted by molar-refractivity contribution is -0.121. The van der Waals surface area contributed by atoms with Crippen molar-refractivity contribution in [2.24, 2.45) is 0 Å². The molecule has 1 aromatic heterocycles. The molecule has 0 fully saturated rings. The van der Waals surface area contributed by atoms with Crippen LogP contribution in [0.5, 0.6) is 0 Å². The zero-order valence-corrected chi connectivity index (χ0v) is 10.6. The molecule has 7 nitrogen and oxygen atoms in total. The summed E-state index contributed by atoms with van der Waals surface area (Å²) in [6.07, 6.45) is 0. The summed E-state index contributed by atoms with van der Waals surface area (Å²) in [6.45, 7) is 6.47. The minimum atomic E-state index is -0.414. The van der Waals surface area contributed by atoms with Crippen LogP contribution in [-0.2, 0) is 4.79 Å². The van der Waals surface area contributed by atoms with E-state index in [0.717, 1.165) is 6.54 Å². The number of anilines is 1. The van der Waals surface area contributed by atoms with E-state index in [1.165, 1.54) is 0 Å². The first kappa shape index (κ1) is 13.4. The van der Waals surface area contributed by atoms with Crippen LogP contribution in [-0.4, -0.2) is 35.7 Å². The predicted molar refractivity (Wildman–Crippen MR) is 63.5 cm³/mol. The van der Waals surface area contributed by atoms with Crippen molar-refractivity contribution >= 4 is 11.9 Å². The Hall–Kier alpha value is -1.63. The van der Waals surface area contributed by atoms with Crippen LogP contribution in [0, 0.1) is 0 Å². The Morgan fingerprint density at radius 3 is 2.71 bits per heavy atom. The molecule has 3 N–H and O–H groups in total. The van der Waals surface area contributed by atoms with Crippen LogP contribution in [0.3, 0.4) is 0 Å². The smallest absolute Gasteiger partial charge is 0.316 e. The number of hydrogen-bond donors (Lipinski definition) is 3. The van der Waals surface area contributed by atoms with Gasteiger partial charge in [-0.1, -0.05) is 12.0 Å². The van der Waals surface area contributed by atoms with Crippen molar-refractivity contribution in [3.63, 3.8) is 0 Å². The number of aromatic nitrogens is 2. The summed E-state index contributed by atoms with van der Waals surface area (Å²) in [4.78, 5) is 11.3. The molecule has 0 spiro atoms. The van der Waals surface area contributed by atoms with Gasteiger partial charge in [0.25, 0.3) is 0 Å². The van der Waals surface area contributed by atoms with Crippen LogP contribution >= 0.6 is 0 Å². The second kappa shape index (κ2) is 6.19. The third-order valence-corrected chi connectivity index (χ3v) is 2.30. The van der Waals surface area contributed by atoms with E-state index in [-0.39, 0.29) is 18.0 Å². The maximum absolute atomic E-state index is 11.3. The van der Waals surface area contributed by atoms with E-state index in [0.29, 0.717) is 5.89 Å². The predicted octanol–water partition coefficient (Wildman–Crippen LogP) is 0.286. The Bertz CT molecular complexity index is 365. The third kappa shape index (κ3) is 3.70. The van der Waals surface area contributed by atoms with Crippen molar-refractivity contribution in [2.75, 3.05) is 18.9 Å². The van der Waals surface area contributed by atoms with Gasteiger partial charge < -0.3 is 20.4 Å². The van der Waals surface area contributed by atoms with Crippen LogP contribution in [0.25, 0.3) is 0 Å². The summed E-state index contributed by atoms with van der Waals surface area (Å²) in [5.41, 5.74) is 0. The molecule has 1 aromatic rings. The molecule has 0 saturated heterocycles. The van der Waals surface area contributed by atoms with Gasteiger partial charge in [-0.3, -0.25) is 4.79 Å². The number of rotatable bonds is 6. The van der Waals surface area contributed by atoms with Gasteiger partial charge in [-0.15, -0.1) is 5.10 Å². The second-order valence-corrected chi connectivity index (χ2v) is 3.71. The molecule has 0 aliphatic rings. The standard InChI is InChI=1S/C10H19N5O2/c1-5-12-7(3)9-14-15-10(17-9)13-6(2)8(16)11-4/h6-7,12H,5H2,1-4H3,(H,11,16)(H,13,15). The molecule has 7 heteroatoms. The number of likely N-dealkylation sites (N-methyl/N-ethyl adjacent to an activating group) is 1. The van der Waals surface area contributed by atoms with Gasteiger partial charge in [0.2, 0.25) is 11.8 Å². The van der Waals surface area contributed by atoms with E-state index in [4.69, 9.17) is 4.42 Å². The molecule has 0 aromatic carbocycles. The lowest BCUT2D eigenvalue weighted by Gasteiger charge is -2.09. The molecule has 1 heterocycles. The number of nitrogens with one attached hydrogen (secondary N) is 3. The SMILES string of the molecule is CCNC(C)c1nnc(NC(C)C(=O)NC)o1. The molecule has 0 bridgehead atoms. The molecule has 0 radical (unpaired) electrons. The molecule has 2 atom stereocenters. The summed E-state index contributed by atoms with van der Waals surface area (Å²) < 4.78 is 5.39. The van der Waals surface area contributed by atoms with Gasteiger partial charge in [0, 0.05) is 7.05 Å². The highest BCUT2D eigenvalue weighted by molar-refractivity contribution is 5.83. The fourth-order valence-corrected chi connectivity index (χ4v) is 1.33. The molecule has 0 aliphatic heterocycles. The van der Waals surface area contributed by atoms with Crippen molar-refractivity contribution < 1.29 is 9.21 Å². The Morgan fingerprint density at radius 1 is 1.41 bits per heavy atom. The van der Waals surface area contributed by atoms with Gasteiger partial charge in [-0.05, 0) is 20.4 Å². The van der Waals surface area contributed by atoms with Crippen molar-refractivity contribution in [1.82, 2.24) is 20.8 Å². The normalized spacial score (nSPS) is 14.1. The molecule has 0 saturated carbocycles. The van der Waals surface area contributed by atoms with E-state index in [1.54, 1.807) is 14.0 Å².